The number of halogens is 2. The highest BCUT2D eigenvalue weighted by molar-refractivity contribution is 5.92. The van der Waals surface area contributed by atoms with Gasteiger partial charge in [0.1, 0.15) is 12.7 Å². The average molecular weight is 387 g/mol. The van der Waals surface area contributed by atoms with Crippen LogP contribution in [0.3, 0.4) is 0 Å². The first-order chi connectivity index (χ1) is 11.2. The van der Waals surface area contributed by atoms with Gasteiger partial charge in [0.25, 0.3) is 0 Å². The number of nitrogens with one attached hydrogen (secondary N) is 1. The number of hydrogen-bond acceptors (Lipinski definition) is 5. The van der Waals surface area contributed by atoms with Gasteiger partial charge in [-0.1, -0.05) is 19.3 Å². The molecule has 1 amide bonds. The van der Waals surface area contributed by atoms with Crippen molar-refractivity contribution in [2.75, 3.05) is 11.9 Å². The van der Waals surface area contributed by atoms with E-state index in [-0.39, 0.29) is 36.1 Å². The number of pyridine rings is 1. The van der Waals surface area contributed by atoms with Crippen LogP contribution in [-0.2, 0) is 4.79 Å². The lowest BCUT2D eigenvalue weighted by atomic mass is 9.71. The molecule has 1 saturated carbocycles. The molecule has 3 rings (SSSR count). The zero-order valence-corrected chi connectivity index (χ0v) is 15.6. The molecule has 0 saturated heterocycles. The van der Waals surface area contributed by atoms with Gasteiger partial charge in [0.2, 0.25) is 5.91 Å². The fraction of sp³-hybridized carbons (Fsp3) is 0.500. The third kappa shape index (κ3) is 5.14. The number of hydrogen-bond donors (Lipinski definition) is 2. The number of aromatic nitrogens is 4. The minimum atomic E-state index is -0.0576. The largest absolute Gasteiger partial charge is 0.330 e. The maximum absolute atomic E-state index is 12.5. The van der Waals surface area contributed by atoms with E-state index in [9.17, 15) is 4.79 Å². The second kappa shape index (κ2) is 9.70. The van der Waals surface area contributed by atoms with Gasteiger partial charge in [-0.05, 0) is 36.9 Å². The van der Waals surface area contributed by atoms with Crippen molar-refractivity contribution in [1.29, 1.82) is 0 Å². The normalized spacial score (nSPS) is 15.6. The number of rotatable bonds is 5. The van der Waals surface area contributed by atoms with Crippen molar-refractivity contribution in [2.45, 2.75) is 38.5 Å². The van der Waals surface area contributed by atoms with E-state index in [0.29, 0.717) is 24.5 Å². The van der Waals surface area contributed by atoms with Crippen LogP contribution in [0.5, 0.6) is 0 Å². The summed E-state index contributed by atoms with van der Waals surface area (Å²) in [5.74, 6) is 0.538. The molecule has 138 valence electrons. The summed E-state index contributed by atoms with van der Waals surface area (Å²) in [5.41, 5.74) is 6.55. The molecule has 0 unspecified atom stereocenters. The monoisotopic (exact) mass is 386 g/mol. The highest BCUT2D eigenvalue weighted by atomic mass is 35.5. The van der Waals surface area contributed by atoms with Crippen LogP contribution in [0, 0.1) is 5.41 Å². The van der Waals surface area contributed by atoms with Gasteiger partial charge in [-0.3, -0.25) is 4.79 Å². The molecule has 0 radical (unpaired) electrons. The smallest absolute Gasteiger partial charge is 0.225 e. The predicted molar refractivity (Wildman–Crippen MR) is 101 cm³/mol. The molecular weight excluding hydrogens is 363 g/mol. The topological polar surface area (TPSA) is 98.7 Å². The minimum Gasteiger partial charge on any atom is -0.330 e. The quantitative estimate of drug-likeness (QED) is 0.822. The second-order valence-electron chi connectivity index (χ2n) is 6.20. The average Bonchev–Trinajstić information content (AvgIpc) is 3.10. The predicted octanol–water partition coefficient (Wildman–Crippen LogP) is 2.74. The van der Waals surface area contributed by atoms with Gasteiger partial charge in [-0.25, -0.2) is 14.6 Å². The molecule has 0 aromatic carbocycles. The first-order valence-corrected chi connectivity index (χ1v) is 8.02. The van der Waals surface area contributed by atoms with Gasteiger partial charge in [0, 0.05) is 12.6 Å². The number of nitrogens with zero attached hydrogens (tertiary/aromatic N) is 4. The second-order valence-corrected chi connectivity index (χ2v) is 6.20. The fourth-order valence-electron chi connectivity index (χ4n) is 3.28. The molecule has 1 fully saturated rings. The van der Waals surface area contributed by atoms with Gasteiger partial charge in [-0.15, -0.1) is 24.8 Å². The van der Waals surface area contributed by atoms with Crippen LogP contribution >= 0.6 is 24.8 Å². The van der Waals surface area contributed by atoms with Crippen LogP contribution in [0.2, 0.25) is 0 Å². The third-order valence-corrected chi connectivity index (χ3v) is 4.58. The van der Waals surface area contributed by atoms with E-state index in [1.807, 2.05) is 6.07 Å². The maximum Gasteiger partial charge on any atom is 0.225 e. The highest BCUT2D eigenvalue weighted by Gasteiger charge is 2.33. The van der Waals surface area contributed by atoms with E-state index < -0.39 is 0 Å². The number of carbonyl (C=O) groups excluding carboxylic acids is 1. The molecule has 0 spiro atoms. The molecule has 0 atom stereocenters. The van der Waals surface area contributed by atoms with Crippen LogP contribution < -0.4 is 11.1 Å². The minimum absolute atomic E-state index is 0. The Morgan fingerprint density at radius 1 is 1.28 bits per heavy atom. The van der Waals surface area contributed by atoms with Gasteiger partial charge < -0.3 is 11.1 Å². The van der Waals surface area contributed by atoms with E-state index in [0.717, 1.165) is 25.7 Å². The Balaban J connectivity index is 0.00000156. The molecule has 9 heteroatoms. The first-order valence-electron chi connectivity index (χ1n) is 8.02. The fourth-order valence-corrected chi connectivity index (χ4v) is 3.28. The SMILES string of the molecule is Cl.Cl.NCC1(CC(=O)Nc2cccnc2-n2cncn2)CCCCC1. The van der Waals surface area contributed by atoms with Gasteiger partial charge in [0.05, 0.1) is 5.69 Å². The molecule has 1 aliphatic rings. The van der Waals surface area contributed by atoms with Crippen molar-refractivity contribution >= 4 is 36.4 Å². The molecule has 25 heavy (non-hydrogen) atoms. The molecule has 2 aromatic rings. The lowest BCUT2D eigenvalue weighted by Gasteiger charge is -2.35. The number of carbonyl (C=O) groups is 1. The Morgan fingerprint density at radius 2 is 2.04 bits per heavy atom. The Hall–Kier alpha value is -1.70. The van der Waals surface area contributed by atoms with Crippen molar-refractivity contribution in [1.82, 2.24) is 19.7 Å². The van der Waals surface area contributed by atoms with Crippen molar-refractivity contribution in [2.24, 2.45) is 11.1 Å². The molecule has 2 heterocycles. The van der Waals surface area contributed by atoms with Gasteiger partial charge in [0.15, 0.2) is 5.82 Å². The zero-order chi connectivity index (χ0) is 16.1. The lowest BCUT2D eigenvalue weighted by Crippen LogP contribution is -2.36. The van der Waals surface area contributed by atoms with E-state index in [2.05, 4.69) is 20.4 Å². The van der Waals surface area contributed by atoms with Crippen molar-refractivity contribution in [3.8, 4) is 5.82 Å². The van der Waals surface area contributed by atoms with E-state index in [1.54, 1.807) is 18.6 Å². The Morgan fingerprint density at radius 3 is 2.68 bits per heavy atom. The summed E-state index contributed by atoms with van der Waals surface area (Å²) in [7, 11) is 0. The molecule has 0 bridgehead atoms. The van der Waals surface area contributed by atoms with Crippen molar-refractivity contribution in [3.05, 3.63) is 31.0 Å². The van der Waals surface area contributed by atoms with Crippen LogP contribution in [0.1, 0.15) is 38.5 Å². The number of anilines is 1. The molecule has 3 N–H and O–H groups in total. The van der Waals surface area contributed by atoms with Gasteiger partial charge in [-0.2, -0.15) is 5.10 Å². The standard InChI is InChI=1S/C16H22N6O.2ClH/c17-10-16(6-2-1-3-7-16)9-14(23)21-13-5-4-8-19-15(13)22-12-18-11-20-22;;/h4-5,8,11-12H,1-3,6-7,9-10,17H2,(H,21,23);2*1H. The number of nitrogens with two attached hydrogens (primary N) is 1. The van der Waals surface area contributed by atoms with Crippen molar-refractivity contribution in [3.63, 3.8) is 0 Å². The van der Waals surface area contributed by atoms with E-state index >= 15 is 0 Å². The molecule has 7 nitrogen and oxygen atoms in total. The highest BCUT2D eigenvalue weighted by Crippen LogP contribution is 2.38. The Kier molecular flexibility index (Phi) is 8.28. The van der Waals surface area contributed by atoms with Crippen molar-refractivity contribution < 1.29 is 4.79 Å². The summed E-state index contributed by atoms with van der Waals surface area (Å²) < 4.78 is 1.54. The summed E-state index contributed by atoms with van der Waals surface area (Å²) >= 11 is 0. The van der Waals surface area contributed by atoms with Crippen LogP contribution in [0.15, 0.2) is 31.0 Å². The van der Waals surface area contributed by atoms with E-state index in [1.165, 1.54) is 17.4 Å². The number of amides is 1. The summed E-state index contributed by atoms with van der Waals surface area (Å²) in [6.07, 6.45) is 10.7. The Labute approximate surface area is 159 Å². The maximum atomic E-state index is 12.5. The summed E-state index contributed by atoms with van der Waals surface area (Å²) in [4.78, 5) is 20.7. The van der Waals surface area contributed by atoms with Crippen LogP contribution in [0.4, 0.5) is 5.69 Å². The summed E-state index contributed by atoms with van der Waals surface area (Å²) in [5, 5.41) is 7.03. The summed E-state index contributed by atoms with van der Waals surface area (Å²) in [6.45, 7) is 0.559. The molecule has 0 aliphatic heterocycles. The van der Waals surface area contributed by atoms with Gasteiger partial charge >= 0.3 is 0 Å². The van der Waals surface area contributed by atoms with Crippen LogP contribution in [-0.4, -0.2) is 32.2 Å². The third-order valence-electron chi connectivity index (χ3n) is 4.58. The van der Waals surface area contributed by atoms with Crippen LogP contribution in [0.25, 0.3) is 5.82 Å². The summed E-state index contributed by atoms with van der Waals surface area (Å²) in [6, 6.07) is 3.60. The molecular formula is C16H24Cl2N6O. The zero-order valence-electron chi connectivity index (χ0n) is 13.9. The lowest BCUT2D eigenvalue weighted by molar-refractivity contribution is -0.118. The molecule has 1 aliphatic carbocycles. The Bertz CT molecular complexity index is 658. The first kappa shape index (κ1) is 21.3. The molecule has 2 aromatic heterocycles. The van der Waals surface area contributed by atoms with E-state index in [4.69, 9.17) is 5.73 Å².